The molecule has 12 nitrogen and oxygen atoms in total. The van der Waals surface area contributed by atoms with E-state index < -0.39 is 11.9 Å². The van der Waals surface area contributed by atoms with E-state index in [2.05, 4.69) is 14.9 Å². The van der Waals surface area contributed by atoms with E-state index >= 15 is 0 Å². The Kier molecular flexibility index (Phi) is 6.99. The standard InChI is InChI=1S/C26H30N8O4/c1-37-24(36)16-4-5-21-19(13-16)30-25(28)33(21)6-2-3-7-34-22-18(15-32-8-10-38-11-9-32)12-17(23(27)35)14-20(22)31-26(34)29/h2-5,12-14H,6-11,15H2,1H3,(H2,27,35)(H2,28,30)(H2,29,31)/b3-2+. The van der Waals surface area contributed by atoms with Gasteiger partial charge in [0.15, 0.2) is 0 Å². The van der Waals surface area contributed by atoms with Gasteiger partial charge in [0.1, 0.15) is 0 Å². The molecule has 0 unspecified atom stereocenters. The zero-order valence-electron chi connectivity index (χ0n) is 21.1. The van der Waals surface area contributed by atoms with E-state index in [-0.39, 0.29) is 0 Å². The van der Waals surface area contributed by atoms with Gasteiger partial charge in [0.25, 0.3) is 0 Å². The number of imidazole rings is 2. The number of nitrogen functional groups attached to an aromatic ring is 2. The molecule has 38 heavy (non-hydrogen) atoms. The molecule has 0 spiro atoms. The lowest BCUT2D eigenvalue weighted by atomic mass is 10.1. The Morgan fingerprint density at radius 3 is 2.34 bits per heavy atom. The molecule has 12 heteroatoms. The van der Waals surface area contributed by atoms with Crippen LogP contribution in [0.4, 0.5) is 11.9 Å². The van der Waals surface area contributed by atoms with E-state index in [1.54, 1.807) is 24.3 Å². The van der Waals surface area contributed by atoms with Crippen molar-refractivity contribution in [2.24, 2.45) is 5.73 Å². The van der Waals surface area contributed by atoms with E-state index in [1.807, 2.05) is 27.4 Å². The molecule has 1 saturated heterocycles. The fraction of sp³-hybridized carbons (Fsp3) is 0.308. The molecule has 5 rings (SSSR count). The lowest BCUT2D eigenvalue weighted by Gasteiger charge is -2.27. The number of methoxy groups -OCH3 is 1. The summed E-state index contributed by atoms with van der Waals surface area (Å²) in [4.78, 5) is 34.9. The Morgan fingerprint density at radius 2 is 1.63 bits per heavy atom. The number of primary amides is 1. The van der Waals surface area contributed by atoms with Gasteiger partial charge in [-0.25, -0.2) is 14.8 Å². The van der Waals surface area contributed by atoms with Gasteiger partial charge in [-0.1, -0.05) is 12.2 Å². The highest BCUT2D eigenvalue weighted by atomic mass is 16.5. The van der Waals surface area contributed by atoms with Gasteiger partial charge in [0.05, 0.1) is 48.0 Å². The van der Waals surface area contributed by atoms with Crippen LogP contribution in [0.2, 0.25) is 0 Å². The molecular formula is C26H30N8O4. The maximum atomic E-state index is 12.0. The molecule has 1 aliphatic rings. The fourth-order valence-corrected chi connectivity index (χ4v) is 4.77. The molecule has 0 saturated carbocycles. The highest BCUT2D eigenvalue weighted by Crippen LogP contribution is 2.26. The number of esters is 1. The Bertz CT molecular complexity index is 1550. The van der Waals surface area contributed by atoms with E-state index in [9.17, 15) is 9.59 Å². The van der Waals surface area contributed by atoms with Gasteiger partial charge in [0, 0.05) is 38.3 Å². The summed E-state index contributed by atoms with van der Waals surface area (Å²) in [6, 6.07) is 8.64. The van der Waals surface area contributed by atoms with Crippen LogP contribution in [0.25, 0.3) is 22.1 Å². The van der Waals surface area contributed by atoms with Gasteiger partial charge in [-0.3, -0.25) is 9.69 Å². The molecule has 2 aromatic carbocycles. The van der Waals surface area contributed by atoms with Gasteiger partial charge in [-0.2, -0.15) is 0 Å². The van der Waals surface area contributed by atoms with Gasteiger partial charge >= 0.3 is 5.97 Å². The zero-order valence-corrected chi connectivity index (χ0v) is 21.1. The Labute approximate surface area is 218 Å². The first-order valence-corrected chi connectivity index (χ1v) is 12.2. The summed E-state index contributed by atoms with van der Waals surface area (Å²) in [6.07, 6.45) is 3.95. The summed E-state index contributed by atoms with van der Waals surface area (Å²) in [5, 5.41) is 0. The summed E-state index contributed by atoms with van der Waals surface area (Å²) in [7, 11) is 1.34. The third-order valence-electron chi connectivity index (χ3n) is 6.67. The quantitative estimate of drug-likeness (QED) is 0.231. The van der Waals surface area contributed by atoms with Crippen molar-refractivity contribution < 1.29 is 19.1 Å². The number of nitrogens with two attached hydrogens (primary N) is 3. The second-order valence-corrected chi connectivity index (χ2v) is 9.08. The molecule has 0 aliphatic carbocycles. The summed E-state index contributed by atoms with van der Waals surface area (Å²) < 4.78 is 14.0. The number of nitrogens with zero attached hydrogens (tertiary/aromatic N) is 5. The van der Waals surface area contributed by atoms with Crippen molar-refractivity contribution in [1.82, 2.24) is 24.0 Å². The number of morpholine rings is 1. The maximum absolute atomic E-state index is 12.0. The van der Waals surface area contributed by atoms with Crippen LogP contribution >= 0.6 is 0 Å². The highest BCUT2D eigenvalue weighted by Gasteiger charge is 2.19. The topological polar surface area (TPSA) is 170 Å². The van der Waals surface area contributed by atoms with Crippen LogP contribution < -0.4 is 17.2 Å². The van der Waals surface area contributed by atoms with Crippen molar-refractivity contribution in [2.75, 3.05) is 44.9 Å². The number of carbonyl (C=O) groups excluding carboxylic acids is 2. The number of benzene rings is 2. The lowest BCUT2D eigenvalue weighted by molar-refractivity contribution is 0.0343. The van der Waals surface area contributed by atoms with Crippen LogP contribution in [0.5, 0.6) is 0 Å². The van der Waals surface area contributed by atoms with Gasteiger partial charge < -0.3 is 35.8 Å². The monoisotopic (exact) mass is 518 g/mol. The molecule has 3 heterocycles. The normalized spacial score (nSPS) is 14.6. The molecular weight excluding hydrogens is 488 g/mol. The number of carbonyl (C=O) groups is 2. The number of hydrogen-bond donors (Lipinski definition) is 3. The molecule has 6 N–H and O–H groups in total. The molecule has 0 atom stereocenters. The average molecular weight is 519 g/mol. The fourth-order valence-electron chi connectivity index (χ4n) is 4.77. The molecule has 4 aromatic rings. The van der Waals surface area contributed by atoms with E-state index in [0.29, 0.717) is 66.9 Å². The number of anilines is 2. The minimum atomic E-state index is -0.507. The van der Waals surface area contributed by atoms with E-state index in [0.717, 1.165) is 29.7 Å². The maximum Gasteiger partial charge on any atom is 0.337 e. The van der Waals surface area contributed by atoms with Crippen molar-refractivity contribution in [3.63, 3.8) is 0 Å². The van der Waals surface area contributed by atoms with Gasteiger partial charge in [-0.15, -0.1) is 0 Å². The first-order valence-electron chi connectivity index (χ1n) is 12.2. The van der Waals surface area contributed by atoms with Crippen molar-refractivity contribution in [3.05, 3.63) is 59.2 Å². The molecule has 0 bridgehead atoms. The summed E-state index contributed by atoms with van der Waals surface area (Å²) in [5.41, 5.74) is 22.7. The Morgan fingerprint density at radius 1 is 0.974 bits per heavy atom. The SMILES string of the molecule is COC(=O)c1ccc2c(c1)nc(N)n2C/C=C/Cn1c(N)nc2cc(C(N)=O)cc(CN3CCOCC3)c21. The minimum absolute atomic E-state index is 0.339. The Balaban J connectivity index is 1.40. The van der Waals surface area contributed by atoms with Crippen molar-refractivity contribution in [2.45, 2.75) is 19.6 Å². The largest absolute Gasteiger partial charge is 0.465 e. The number of amides is 1. The summed E-state index contributed by atoms with van der Waals surface area (Å²) >= 11 is 0. The van der Waals surface area contributed by atoms with Crippen LogP contribution in [0, 0.1) is 0 Å². The molecule has 1 aliphatic heterocycles. The molecule has 2 aromatic heterocycles. The van der Waals surface area contributed by atoms with Crippen LogP contribution in [-0.2, 0) is 29.1 Å². The smallest absolute Gasteiger partial charge is 0.337 e. The van der Waals surface area contributed by atoms with Crippen LogP contribution in [0.15, 0.2) is 42.5 Å². The number of hydrogen-bond acceptors (Lipinski definition) is 9. The molecule has 198 valence electrons. The van der Waals surface area contributed by atoms with Crippen molar-refractivity contribution >= 4 is 45.8 Å². The van der Waals surface area contributed by atoms with Crippen LogP contribution in [-0.4, -0.2) is 69.3 Å². The molecule has 0 radical (unpaired) electrons. The number of ether oxygens (including phenoxy) is 2. The van der Waals surface area contributed by atoms with Crippen molar-refractivity contribution in [1.29, 1.82) is 0 Å². The number of allylic oxidation sites excluding steroid dienone is 2. The lowest BCUT2D eigenvalue weighted by Crippen LogP contribution is -2.35. The second kappa shape index (κ2) is 10.5. The highest BCUT2D eigenvalue weighted by molar-refractivity contribution is 5.98. The van der Waals surface area contributed by atoms with Crippen LogP contribution in [0.3, 0.4) is 0 Å². The second-order valence-electron chi connectivity index (χ2n) is 9.08. The number of rotatable bonds is 8. The number of fused-ring (bicyclic) bond motifs is 2. The first kappa shape index (κ1) is 25.2. The summed E-state index contributed by atoms with van der Waals surface area (Å²) in [6.45, 7) is 4.49. The van der Waals surface area contributed by atoms with Crippen molar-refractivity contribution in [3.8, 4) is 0 Å². The average Bonchev–Trinajstić information content (AvgIpc) is 3.40. The third-order valence-corrected chi connectivity index (χ3v) is 6.67. The first-order chi connectivity index (χ1) is 18.4. The third kappa shape index (κ3) is 4.91. The molecule has 1 fully saturated rings. The van der Waals surface area contributed by atoms with E-state index in [4.69, 9.17) is 26.7 Å². The summed E-state index contributed by atoms with van der Waals surface area (Å²) in [5.74, 6) is -0.253. The van der Waals surface area contributed by atoms with Gasteiger partial charge in [-0.05, 0) is 35.9 Å². The Hall–Kier alpha value is -4.42. The predicted octanol–water partition coefficient (Wildman–Crippen LogP) is 1.52. The minimum Gasteiger partial charge on any atom is -0.465 e. The zero-order chi connectivity index (χ0) is 26.8. The molecule has 1 amide bonds. The number of aromatic nitrogens is 4. The predicted molar refractivity (Wildman–Crippen MR) is 143 cm³/mol. The van der Waals surface area contributed by atoms with E-state index in [1.165, 1.54) is 7.11 Å². The van der Waals surface area contributed by atoms with Gasteiger partial charge in [0.2, 0.25) is 17.8 Å². The van der Waals surface area contributed by atoms with Crippen LogP contribution in [0.1, 0.15) is 26.3 Å².